The summed E-state index contributed by atoms with van der Waals surface area (Å²) in [7, 11) is 1.65. The number of hydrogen-bond donors (Lipinski definition) is 1. The van der Waals surface area contributed by atoms with Gasteiger partial charge in [0.25, 0.3) is 0 Å². The van der Waals surface area contributed by atoms with Crippen molar-refractivity contribution in [1.29, 1.82) is 0 Å². The number of amides is 1. The molecule has 192 valence electrons. The largest absolute Gasteiger partial charge is 0.497 e. The van der Waals surface area contributed by atoms with Gasteiger partial charge in [-0.2, -0.15) is 0 Å². The van der Waals surface area contributed by atoms with E-state index in [1.165, 1.54) is 11.8 Å². The number of rotatable bonds is 10. The van der Waals surface area contributed by atoms with Crippen LogP contribution in [0.15, 0.2) is 78.0 Å². The molecule has 1 aromatic heterocycles. The van der Waals surface area contributed by atoms with E-state index in [0.717, 1.165) is 16.9 Å². The fourth-order valence-electron chi connectivity index (χ4n) is 4.09. The Labute approximate surface area is 231 Å². The Morgan fingerprint density at radius 3 is 2.57 bits per heavy atom. The van der Waals surface area contributed by atoms with Crippen LogP contribution in [0.4, 0.5) is 0 Å². The highest BCUT2D eigenvalue weighted by Gasteiger charge is 2.26. The highest BCUT2D eigenvalue weighted by molar-refractivity contribution is 7.98. The Morgan fingerprint density at radius 2 is 1.84 bits per heavy atom. The molecule has 6 nitrogen and oxygen atoms in total. The molecule has 0 fully saturated rings. The molecule has 0 radical (unpaired) electrons. The molecule has 0 bridgehead atoms. The van der Waals surface area contributed by atoms with Crippen molar-refractivity contribution in [3.05, 3.63) is 99.8 Å². The number of carbonyl (C=O) groups is 1. The smallest absolute Gasteiger partial charge is 0.228 e. The summed E-state index contributed by atoms with van der Waals surface area (Å²) in [5.74, 6) is 1.65. The van der Waals surface area contributed by atoms with Crippen LogP contribution in [-0.2, 0) is 10.5 Å². The average Bonchev–Trinajstić information content (AvgIpc) is 3.34. The van der Waals surface area contributed by atoms with Gasteiger partial charge >= 0.3 is 0 Å². The second-order valence-electron chi connectivity index (χ2n) is 8.51. The van der Waals surface area contributed by atoms with Gasteiger partial charge in [-0.3, -0.25) is 9.36 Å². The minimum Gasteiger partial charge on any atom is -0.497 e. The summed E-state index contributed by atoms with van der Waals surface area (Å²) < 4.78 is 7.22. The van der Waals surface area contributed by atoms with Crippen molar-refractivity contribution < 1.29 is 9.53 Å². The summed E-state index contributed by atoms with van der Waals surface area (Å²) >= 11 is 14.5. The van der Waals surface area contributed by atoms with Crippen LogP contribution in [0.1, 0.15) is 49.2 Å². The van der Waals surface area contributed by atoms with Gasteiger partial charge in [-0.1, -0.05) is 84.4 Å². The van der Waals surface area contributed by atoms with E-state index in [2.05, 4.69) is 15.5 Å². The van der Waals surface area contributed by atoms with E-state index >= 15 is 0 Å². The molecule has 37 heavy (non-hydrogen) atoms. The first kappa shape index (κ1) is 27.0. The first-order valence-corrected chi connectivity index (χ1v) is 13.7. The van der Waals surface area contributed by atoms with E-state index in [1.807, 2.05) is 73.0 Å². The molecule has 1 N–H and O–H groups in total. The number of carbonyl (C=O) groups excluding carboxylic acids is 1. The quantitative estimate of drug-likeness (QED) is 0.209. The van der Waals surface area contributed by atoms with Crippen LogP contribution in [0.5, 0.6) is 5.75 Å². The number of halogens is 2. The Kier molecular flexibility index (Phi) is 9.14. The predicted molar refractivity (Wildman–Crippen MR) is 150 cm³/mol. The molecule has 0 aliphatic heterocycles. The molecule has 0 aliphatic rings. The van der Waals surface area contributed by atoms with Crippen LogP contribution in [0.2, 0.25) is 10.0 Å². The molecule has 0 spiro atoms. The fraction of sp³-hybridized carbons (Fsp3) is 0.250. The van der Waals surface area contributed by atoms with E-state index in [1.54, 1.807) is 25.3 Å². The van der Waals surface area contributed by atoms with Gasteiger partial charge in [-0.05, 0) is 54.8 Å². The highest BCUT2D eigenvalue weighted by Crippen LogP contribution is 2.33. The maximum atomic E-state index is 13.3. The molecule has 1 heterocycles. The number of thioether (sulfide) groups is 1. The molecule has 2 atom stereocenters. The van der Waals surface area contributed by atoms with E-state index < -0.39 is 6.04 Å². The minimum atomic E-state index is -0.432. The van der Waals surface area contributed by atoms with Gasteiger partial charge in [-0.15, -0.1) is 10.2 Å². The number of methoxy groups -OCH3 is 1. The lowest BCUT2D eigenvalue weighted by atomic mass is 9.95. The second-order valence-corrected chi connectivity index (χ2v) is 10.3. The Hall–Kier alpha value is -3.00. The third-order valence-corrected chi connectivity index (χ3v) is 7.54. The van der Waals surface area contributed by atoms with Crippen LogP contribution < -0.4 is 10.1 Å². The molecule has 4 aromatic rings. The average molecular weight is 556 g/mol. The Bertz CT molecular complexity index is 1360. The van der Waals surface area contributed by atoms with E-state index in [9.17, 15) is 4.79 Å². The maximum Gasteiger partial charge on any atom is 0.228 e. The van der Waals surface area contributed by atoms with Crippen LogP contribution in [0.3, 0.4) is 0 Å². The van der Waals surface area contributed by atoms with Crippen molar-refractivity contribution in [2.75, 3.05) is 7.11 Å². The molecule has 1 amide bonds. The zero-order chi connectivity index (χ0) is 26.4. The van der Waals surface area contributed by atoms with E-state index in [4.69, 9.17) is 27.9 Å². The molecular weight excluding hydrogens is 527 g/mol. The predicted octanol–water partition coefficient (Wildman–Crippen LogP) is 7.25. The fourth-order valence-corrected chi connectivity index (χ4v) is 5.35. The number of benzene rings is 3. The molecule has 0 aliphatic carbocycles. The van der Waals surface area contributed by atoms with Gasteiger partial charge < -0.3 is 10.1 Å². The summed E-state index contributed by atoms with van der Waals surface area (Å²) in [5, 5.41) is 13.7. The molecule has 3 aromatic carbocycles. The molecule has 9 heteroatoms. The third-order valence-electron chi connectivity index (χ3n) is 5.98. The Morgan fingerprint density at radius 1 is 1.05 bits per heavy atom. The number of nitrogens with zero attached hydrogens (tertiary/aromatic N) is 3. The molecule has 2 unspecified atom stereocenters. The number of aromatic nitrogens is 3. The zero-order valence-corrected chi connectivity index (χ0v) is 23.1. The van der Waals surface area contributed by atoms with Crippen molar-refractivity contribution in [3.8, 4) is 11.4 Å². The minimum absolute atomic E-state index is 0.0708. The van der Waals surface area contributed by atoms with E-state index in [-0.39, 0.29) is 11.8 Å². The monoisotopic (exact) mass is 554 g/mol. The summed E-state index contributed by atoms with van der Waals surface area (Å²) in [6.45, 7) is 3.90. The van der Waals surface area contributed by atoms with Crippen LogP contribution >= 0.6 is 35.0 Å². The van der Waals surface area contributed by atoms with Crippen molar-refractivity contribution >= 4 is 40.9 Å². The van der Waals surface area contributed by atoms with Gasteiger partial charge in [0, 0.05) is 10.8 Å². The number of nitrogens with one attached hydrogen (secondary N) is 1. The lowest BCUT2D eigenvalue weighted by Gasteiger charge is -2.21. The topological polar surface area (TPSA) is 69.0 Å². The number of hydrogen-bond acceptors (Lipinski definition) is 5. The summed E-state index contributed by atoms with van der Waals surface area (Å²) in [5.41, 5.74) is 2.70. The molecular formula is C28H28Cl2N4O2S. The van der Waals surface area contributed by atoms with Gasteiger partial charge in [0.2, 0.25) is 5.91 Å². The summed E-state index contributed by atoms with van der Waals surface area (Å²) in [6, 6.07) is 22.5. The molecule has 0 saturated carbocycles. The van der Waals surface area contributed by atoms with Gasteiger partial charge in [0.15, 0.2) is 11.0 Å². The van der Waals surface area contributed by atoms with Gasteiger partial charge in [0.05, 0.1) is 29.8 Å². The highest BCUT2D eigenvalue weighted by atomic mass is 35.5. The standard InChI is InChI=1S/C28H28Cl2N4O2S/c1-4-23(20-10-6-5-7-11-20)27(35)31-18(2)26-32-33-28(34(26)25-16-21(29)13-14-24(25)30)37-17-19-9-8-12-22(15-19)36-3/h5-16,18,23H,4,17H2,1-3H3,(H,31,35). The second kappa shape index (κ2) is 12.5. The van der Waals surface area contributed by atoms with Gasteiger partial charge in [-0.25, -0.2) is 0 Å². The molecule has 0 saturated heterocycles. The van der Waals surface area contributed by atoms with Crippen molar-refractivity contribution in [2.45, 2.75) is 43.1 Å². The van der Waals surface area contributed by atoms with E-state index in [0.29, 0.717) is 38.9 Å². The maximum absolute atomic E-state index is 13.3. The summed E-state index contributed by atoms with van der Waals surface area (Å²) in [4.78, 5) is 13.3. The number of ether oxygens (including phenoxy) is 1. The lowest BCUT2D eigenvalue weighted by molar-refractivity contribution is -0.123. The first-order valence-electron chi connectivity index (χ1n) is 11.9. The third kappa shape index (κ3) is 6.47. The van der Waals surface area contributed by atoms with Crippen molar-refractivity contribution in [3.63, 3.8) is 0 Å². The van der Waals surface area contributed by atoms with Crippen molar-refractivity contribution in [2.24, 2.45) is 0 Å². The SMILES string of the molecule is CCC(C(=O)NC(C)c1nnc(SCc2cccc(OC)c2)n1-c1cc(Cl)ccc1Cl)c1ccccc1. The lowest BCUT2D eigenvalue weighted by Crippen LogP contribution is -2.32. The van der Waals surface area contributed by atoms with Gasteiger partial charge in [0.1, 0.15) is 5.75 Å². The summed E-state index contributed by atoms with van der Waals surface area (Å²) in [6.07, 6.45) is 0.678. The first-order chi connectivity index (χ1) is 17.9. The zero-order valence-electron chi connectivity index (χ0n) is 20.8. The normalized spacial score (nSPS) is 12.7. The Balaban J connectivity index is 1.65. The van der Waals surface area contributed by atoms with Crippen LogP contribution in [-0.4, -0.2) is 27.8 Å². The van der Waals surface area contributed by atoms with Crippen molar-refractivity contribution in [1.82, 2.24) is 20.1 Å². The molecule has 4 rings (SSSR count). The van der Waals surface area contributed by atoms with Crippen LogP contribution in [0, 0.1) is 0 Å². The van der Waals surface area contributed by atoms with Crippen LogP contribution in [0.25, 0.3) is 5.69 Å².